The number of ether oxygens (including phenoxy) is 1. The Balaban J connectivity index is 2.08. The molecule has 1 saturated carbocycles. The number of hydrogen-bond acceptors (Lipinski definition) is 3. The molecule has 5 heteroatoms. The van der Waals surface area contributed by atoms with Crippen molar-refractivity contribution >= 4 is 17.7 Å². The van der Waals surface area contributed by atoms with E-state index < -0.39 is 0 Å². The van der Waals surface area contributed by atoms with E-state index in [0.717, 1.165) is 37.4 Å². The van der Waals surface area contributed by atoms with E-state index in [9.17, 15) is 0 Å². The standard InChI is InChI=1S/C15H31N3OS/c1-12(2)11-19-9-5-8-17-15(16-3)18-13-6-7-14(10-13)20-4/h12-14H,5-11H2,1-4H3,(H2,16,17,18). The van der Waals surface area contributed by atoms with Crippen LogP contribution in [0.3, 0.4) is 0 Å². The lowest BCUT2D eigenvalue weighted by atomic mass is 10.2. The molecule has 0 bridgehead atoms. The highest BCUT2D eigenvalue weighted by atomic mass is 32.2. The molecule has 0 aromatic heterocycles. The van der Waals surface area contributed by atoms with Crippen LogP contribution >= 0.6 is 11.8 Å². The molecular weight excluding hydrogens is 270 g/mol. The molecular formula is C15H31N3OS. The van der Waals surface area contributed by atoms with Gasteiger partial charge in [0.1, 0.15) is 0 Å². The third-order valence-electron chi connectivity index (χ3n) is 3.49. The second-order valence-electron chi connectivity index (χ2n) is 5.83. The molecule has 118 valence electrons. The van der Waals surface area contributed by atoms with Gasteiger partial charge in [0, 0.05) is 38.1 Å². The quantitative estimate of drug-likeness (QED) is 0.411. The Kier molecular flexibility index (Phi) is 9.10. The summed E-state index contributed by atoms with van der Waals surface area (Å²) in [5.41, 5.74) is 0. The van der Waals surface area contributed by atoms with Gasteiger partial charge in [0.05, 0.1) is 0 Å². The Labute approximate surface area is 128 Å². The van der Waals surface area contributed by atoms with E-state index in [2.05, 4.69) is 35.7 Å². The lowest BCUT2D eigenvalue weighted by molar-refractivity contribution is 0.108. The van der Waals surface area contributed by atoms with Crippen molar-refractivity contribution in [1.29, 1.82) is 0 Å². The highest BCUT2D eigenvalue weighted by Gasteiger charge is 2.24. The van der Waals surface area contributed by atoms with Gasteiger partial charge in [-0.2, -0.15) is 11.8 Å². The van der Waals surface area contributed by atoms with Crippen LogP contribution in [0.1, 0.15) is 39.5 Å². The molecule has 2 unspecified atom stereocenters. The smallest absolute Gasteiger partial charge is 0.191 e. The van der Waals surface area contributed by atoms with Crippen LogP contribution in [-0.2, 0) is 4.74 Å². The number of aliphatic imine (C=N–C) groups is 1. The fourth-order valence-corrected chi connectivity index (χ4v) is 3.17. The van der Waals surface area contributed by atoms with Crippen molar-refractivity contribution in [1.82, 2.24) is 10.6 Å². The maximum atomic E-state index is 5.57. The molecule has 1 rings (SSSR count). The second-order valence-corrected chi connectivity index (χ2v) is 6.97. The summed E-state index contributed by atoms with van der Waals surface area (Å²) in [6.07, 6.45) is 7.05. The number of thioether (sulfide) groups is 1. The van der Waals surface area contributed by atoms with Crippen molar-refractivity contribution in [3.63, 3.8) is 0 Å². The molecule has 2 atom stereocenters. The van der Waals surface area contributed by atoms with Crippen LogP contribution in [0, 0.1) is 5.92 Å². The monoisotopic (exact) mass is 301 g/mol. The lowest BCUT2D eigenvalue weighted by Gasteiger charge is -2.17. The molecule has 2 N–H and O–H groups in total. The minimum atomic E-state index is 0.579. The Bertz CT molecular complexity index is 284. The van der Waals surface area contributed by atoms with E-state index in [4.69, 9.17) is 4.74 Å². The number of nitrogens with zero attached hydrogens (tertiary/aromatic N) is 1. The van der Waals surface area contributed by atoms with Crippen LogP contribution in [-0.4, -0.2) is 50.3 Å². The van der Waals surface area contributed by atoms with Crippen molar-refractivity contribution < 1.29 is 4.74 Å². The van der Waals surface area contributed by atoms with E-state index in [1.807, 2.05) is 18.8 Å². The molecule has 0 aromatic rings. The Morgan fingerprint density at radius 1 is 1.40 bits per heavy atom. The van der Waals surface area contributed by atoms with Gasteiger partial charge in [0.2, 0.25) is 0 Å². The highest BCUT2D eigenvalue weighted by Crippen LogP contribution is 2.27. The normalized spacial score (nSPS) is 23.4. The molecule has 1 aliphatic carbocycles. The first kappa shape index (κ1) is 17.6. The zero-order valence-electron chi connectivity index (χ0n) is 13.4. The highest BCUT2D eigenvalue weighted by molar-refractivity contribution is 7.99. The average molecular weight is 302 g/mol. The minimum Gasteiger partial charge on any atom is -0.381 e. The third kappa shape index (κ3) is 7.39. The van der Waals surface area contributed by atoms with E-state index >= 15 is 0 Å². The van der Waals surface area contributed by atoms with E-state index in [0.29, 0.717) is 12.0 Å². The van der Waals surface area contributed by atoms with Gasteiger partial charge in [-0.05, 0) is 37.9 Å². The molecule has 0 radical (unpaired) electrons. The van der Waals surface area contributed by atoms with Gasteiger partial charge in [-0.1, -0.05) is 13.8 Å². The lowest BCUT2D eigenvalue weighted by Crippen LogP contribution is -2.43. The first-order valence-electron chi connectivity index (χ1n) is 7.73. The van der Waals surface area contributed by atoms with Gasteiger partial charge in [-0.15, -0.1) is 0 Å². The van der Waals surface area contributed by atoms with Crippen LogP contribution < -0.4 is 10.6 Å². The fraction of sp³-hybridized carbons (Fsp3) is 0.933. The summed E-state index contributed by atoms with van der Waals surface area (Å²) < 4.78 is 5.57. The fourth-order valence-electron chi connectivity index (χ4n) is 2.37. The summed E-state index contributed by atoms with van der Waals surface area (Å²) >= 11 is 1.98. The largest absolute Gasteiger partial charge is 0.381 e. The number of nitrogens with one attached hydrogen (secondary N) is 2. The van der Waals surface area contributed by atoms with Gasteiger partial charge in [0.15, 0.2) is 5.96 Å². The first-order chi connectivity index (χ1) is 9.65. The summed E-state index contributed by atoms with van der Waals surface area (Å²) in [5.74, 6) is 1.55. The van der Waals surface area contributed by atoms with Crippen molar-refractivity contribution in [3.8, 4) is 0 Å². The minimum absolute atomic E-state index is 0.579. The van der Waals surface area contributed by atoms with Crippen molar-refractivity contribution in [2.45, 2.75) is 50.8 Å². The molecule has 0 aromatic carbocycles. The van der Waals surface area contributed by atoms with Crippen LogP contribution in [0.25, 0.3) is 0 Å². The van der Waals surface area contributed by atoms with Crippen molar-refractivity contribution in [2.24, 2.45) is 10.9 Å². The molecule has 0 amide bonds. The Hall–Kier alpha value is -0.420. The van der Waals surface area contributed by atoms with Gasteiger partial charge in [-0.25, -0.2) is 0 Å². The Morgan fingerprint density at radius 3 is 2.80 bits per heavy atom. The molecule has 0 aliphatic heterocycles. The predicted octanol–water partition coefficient (Wildman–Crippen LogP) is 2.50. The van der Waals surface area contributed by atoms with Gasteiger partial charge in [0.25, 0.3) is 0 Å². The summed E-state index contributed by atoms with van der Waals surface area (Å²) in [7, 11) is 1.84. The van der Waals surface area contributed by atoms with Crippen LogP contribution in [0.15, 0.2) is 4.99 Å². The summed E-state index contributed by atoms with van der Waals surface area (Å²) in [6.45, 7) is 6.93. The van der Waals surface area contributed by atoms with Crippen LogP contribution in [0.4, 0.5) is 0 Å². The second kappa shape index (κ2) is 10.3. The maximum Gasteiger partial charge on any atom is 0.191 e. The first-order valence-corrected chi connectivity index (χ1v) is 9.02. The number of rotatable bonds is 8. The zero-order chi connectivity index (χ0) is 14.8. The third-order valence-corrected chi connectivity index (χ3v) is 4.59. The zero-order valence-corrected chi connectivity index (χ0v) is 14.3. The summed E-state index contributed by atoms with van der Waals surface area (Å²) in [4.78, 5) is 4.30. The average Bonchev–Trinajstić information content (AvgIpc) is 2.88. The Morgan fingerprint density at radius 2 is 2.20 bits per heavy atom. The number of hydrogen-bond donors (Lipinski definition) is 2. The molecule has 20 heavy (non-hydrogen) atoms. The summed E-state index contributed by atoms with van der Waals surface area (Å²) in [5, 5.41) is 7.71. The molecule has 4 nitrogen and oxygen atoms in total. The van der Waals surface area contributed by atoms with E-state index in [-0.39, 0.29) is 0 Å². The van der Waals surface area contributed by atoms with E-state index in [1.54, 1.807) is 0 Å². The maximum absolute atomic E-state index is 5.57. The van der Waals surface area contributed by atoms with Gasteiger partial charge in [-0.3, -0.25) is 4.99 Å². The van der Waals surface area contributed by atoms with Gasteiger partial charge >= 0.3 is 0 Å². The SMILES string of the molecule is CN=C(NCCCOCC(C)C)NC1CCC(SC)C1. The van der Waals surface area contributed by atoms with Crippen molar-refractivity contribution in [3.05, 3.63) is 0 Å². The van der Waals surface area contributed by atoms with Gasteiger partial charge < -0.3 is 15.4 Å². The molecule has 1 aliphatic rings. The van der Waals surface area contributed by atoms with E-state index in [1.165, 1.54) is 19.3 Å². The molecule has 0 saturated heterocycles. The molecule has 0 heterocycles. The van der Waals surface area contributed by atoms with Crippen molar-refractivity contribution in [2.75, 3.05) is 33.1 Å². The number of guanidine groups is 1. The molecule has 1 fully saturated rings. The van der Waals surface area contributed by atoms with Crippen LogP contribution in [0.5, 0.6) is 0 Å². The van der Waals surface area contributed by atoms with Crippen LogP contribution in [0.2, 0.25) is 0 Å². The molecule has 0 spiro atoms. The predicted molar refractivity (Wildman–Crippen MR) is 89.7 cm³/mol. The topological polar surface area (TPSA) is 45.7 Å². The summed E-state index contributed by atoms with van der Waals surface area (Å²) in [6, 6.07) is 0.579.